The summed E-state index contributed by atoms with van der Waals surface area (Å²) in [5, 5.41) is 0.619. The van der Waals surface area contributed by atoms with Crippen molar-refractivity contribution in [2.75, 3.05) is 11.9 Å². The molecule has 7 nitrogen and oxygen atoms in total. The highest BCUT2D eigenvalue weighted by Crippen LogP contribution is 2.42. The number of aromatic nitrogens is 3. The number of aryl methyl sites for hydroxylation is 1. The summed E-state index contributed by atoms with van der Waals surface area (Å²) in [6, 6.07) is 0.206. The van der Waals surface area contributed by atoms with Crippen molar-refractivity contribution >= 4 is 24.0 Å². The standard InChI is InChI=1S/C48H79BN4O3/c1-35-44-43(45(51(3)46(35)54)50(2)40-28-14-6-4-7-15-29-40)47(55)53(41-30-16-8-5-9-17-31-41)48(56)52(44)42-32-20-27-39(33-34-42)49-38-25-18-23-37(24-19-26-38)36-21-12-10-11-13-22-36/h36-42,49H,4-34H2,1-3H3. The van der Waals surface area contributed by atoms with E-state index in [2.05, 4.69) is 11.9 Å². The molecule has 5 aliphatic carbocycles. The zero-order chi connectivity index (χ0) is 39.0. The fourth-order valence-corrected chi connectivity index (χ4v) is 13.0. The van der Waals surface area contributed by atoms with E-state index in [1.165, 1.54) is 142 Å². The van der Waals surface area contributed by atoms with Gasteiger partial charge in [-0.1, -0.05) is 172 Å². The van der Waals surface area contributed by atoms with Crippen molar-refractivity contribution in [3.05, 3.63) is 36.8 Å². The van der Waals surface area contributed by atoms with Crippen LogP contribution in [0.5, 0.6) is 0 Å². The molecule has 0 N–H and O–H groups in total. The second-order valence-corrected chi connectivity index (χ2v) is 20.0. The predicted molar refractivity (Wildman–Crippen MR) is 237 cm³/mol. The molecule has 5 saturated carbocycles. The lowest BCUT2D eigenvalue weighted by atomic mass is 9.50. The molecule has 0 amide bonds. The van der Waals surface area contributed by atoms with Crippen LogP contribution >= 0.6 is 0 Å². The topological polar surface area (TPSA) is 69.2 Å². The number of hydrogen-bond donors (Lipinski definition) is 0. The molecule has 2 aromatic heterocycles. The van der Waals surface area contributed by atoms with Crippen LogP contribution in [-0.4, -0.2) is 34.1 Å². The summed E-state index contributed by atoms with van der Waals surface area (Å²) in [6.07, 6.45) is 38.5. The summed E-state index contributed by atoms with van der Waals surface area (Å²) >= 11 is 0. The number of anilines is 1. The maximum absolute atomic E-state index is 15.2. The molecule has 0 spiro atoms. The highest BCUT2D eigenvalue weighted by atomic mass is 16.2. The van der Waals surface area contributed by atoms with Crippen molar-refractivity contribution in [2.45, 2.75) is 236 Å². The van der Waals surface area contributed by atoms with Gasteiger partial charge in [-0.3, -0.25) is 23.3 Å². The SMILES string of the molecule is Cc1c(=O)n(C)c(N(C)C2CCCCCCC2)c2c(=O)n(C3CCCCCCC3)c(=O)n(C3CCCC(BC4CCCC(C5CCCCCC5)CCC4)CC3)c12. The van der Waals surface area contributed by atoms with E-state index in [9.17, 15) is 4.79 Å². The molecule has 312 valence electrons. The smallest absolute Gasteiger partial charge is 0.332 e. The minimum absolute atomic E-state index is 0.0124. The average Bonchev–Trinajstić information content (AvgIpc) is 3.56. The lowest BCUT2D eigenvalue weighted by molar-refractivity contribution is 0.241. The van der Waals surface area contributed by atoms with E-state index < -0.39 is 0 Å². The minimum atomic E-state index is -0.157. The molecule has 0 radical (unpaired) electrons. The third-order valence-electron chi connectivity index (χ3n) is 16.3. The Labute approximate surface area is 340 Å². The monoisotopic (exact) mass is 771 g/mol. The summed E-state index contributed by atoms with van der Waals surface area (Å²) in [6.45, 7) is 1.88. The van der Waals surface area contributed by atoms with Crippen LogP contribution in [0.4, 0.5) is 5.82 Å². The van der Waals surface area contributed by atoms with E-state index >= 15 is 9.59 Å². The van der Waals surface area contributed by atoms with Gasteiger partial charge in [0.1, 0.15) is 18.5 Å². The molecule has 2 aromatic rings. The van der Waals surface area contributed by atoms with Gasteiger partial charge in [0, 0.05) is 37.8 Å². The van der Waals surface area contributed by atoms with Crippen molar-refractivity contribution in [1.29, 1.82) is 0 Å². The van der Waals surface area contributed by atoms with Crippen LogP contribution in [0, 0.1) is 18.8 Å². The Morgan fingerprint density at radius 1 is 0.500 bits per heavy atom. The van der Waals surface area contributed by atoms with E-state index in [1.54, 1.807) is 9.13 Å². The maximum Gasteiger partial charge on any atom is 0.332 e. The predicted octanol–water partition coefficient (Wildman–Crippen LogP) is 11.5. The van der Waals surface area contributed by atoms with E-state index in [0.29, 0.717) is 22.3 Å². The van der Waals surface area contributed by atoms with Gasteiger partial charge in [0.2, 0.25) is 0 Å². The van der Waals surface area contributed by atoms with Crippen LogP contribution in [-0.2, 0) is 7.05 Å². The molecule has 8 heteroatoms. The van der Waals surface area contributed by atoms with Gasteiger partial charge in [0.15, 0.2) is 0 Å². The molecule has 0 saturated heterocycles. The summed E-state index contributed by atoms with van der Waals surface area (Å²) in [7, 11) is 5.32. The van der Waals surface area contributed by atoms with Crippen LogP contribution in [0.25, 0.3) is 10.9 Å². The Bertz CT molecular complexity index is 1730. The second kappa shape index (κ2) is 20.1. The van der Waals surface area contributed by atoms with Crippen LogP contribution in [0.3, 0.4) is 0 Å². The van der Waals surface area contributed by atoms with E-state index in [1.807, 2.05) is 18.5 Å². The Morgan fingerprint density at radius 3 is 1.54 bits per heavy atom. The first kappa shape index (κ1) is 41.9. The molecule has 7 rings (SSSR count). The van der Waals surface area contributed by atoms with Gasteiger partial charge >= 0.3 is 5.69 Å². The van der Waals surface area contributed by atoms with Gasteiger partial charge < -0.3 is 4.90 Å². The van der Waals surface area contributed by atoms with Gasteiger partial charge in [-0.05, 0) is 57.3 Å². The molecule has 56 heavy (non-hydrogen) atoms. The summed E-state index contributed by atoms with van der Waals surface area (Å²) in [5.41, 5.74) is 0.836. The molecule has 0 aliphatic heterocycles. The number of fused-ring (bicyclic) bond motifs is 1. The molecule has 2 unspecified atom stereocenters. The zero-order valence-corrected chi connectivity index (χ0v) is 36.2. The van der Waals surface area contributed by atoms with Crippen LogP contribution in [0.1, 0.15) is 217 Å². The average molecular weight is 771 g/mol. The van der Waals surface area contributed by atoms with Crippen LogP contribution < -0.4 is 21.7 Å². The first-order chi connectivity index (χ1) is 27.3. The molecule has 2 heterocycles. The molecule has 5 aliphatic rings. The Kier molecular flexibility index (Phi) is 15.1. The lowest BCUT2D eigenvalue weighted by Crippen LogP contribution is -2.46. The van der Waals surface area contributed by atoms with E-state index in [0.717, 1.165) is 87.7 Å². The third kappa shape index (κ3) is 9.62. The highest BCUT2D eigenvalue weighted by Gasteiger charge is 2.33. The van der Waals surface area contributed by atoms with Crippen LogP contribution in [0.2, 0.25) is 11.6 Å². The molecule has 0 bridgehead atoms. The number of pyridine rings is 1. The maximum atomic E-state index is 15.2. The van der Waals surface area contributed by atoms with Gasteiger partial charge in [-0.15, -0.1) is 0 Å². The summed E-state index contributed by atoms with van der Waals surface area (Å²) in [5.74, 6) is 4.25. The minimum Gasteiger partial charge on any atom is -0.357 e. The first-order valence-electron chi connectivity index (χ1n) is 24.5. The van der Waals surface area contributed by atoms with Gasteiger partial charge in [-0.2, -0.15) is 0 Å². The zero-order valence-electron chi connectivity index (χ0n) is 36.2. The fraction of sp³-hybridized carbons (Fsp3) is 0.854. The number of hydrogen-bond acceptors (Lipinski definition) is 4. The molecule has 0 aromatic carbocycles. The second-order valence-electron chi connectivity index (χ2n) is 20.0. The van der Waals surface area contributed by atoms with E-state index in [-0.39, 0.29) is 34.9 Å². The lowest BCUT2D eigenvalue weighted by Gasteiger charge is -2.34. The number of nitrogens with zero attached hydrogens (tertiary/aromatic N) is 4. The normalized spacial score (nSPS) is 27.8. The van der Waals surface area contributed by atoms with Crippen LogP contribution in [0.15, 0.2) is 14.4 Å². The fourth-order valence-electron chi connectivity index (χ4n) is 13.0. The van der Waals surface area contributed by atoms with Crippen molar-refractivity contribution in [1.82, 2.24) is 13.7 Å². The van der Waals surface area contributed by atoms with Crippen molar-refractivity contribution in [3.8, 4) is 0 Å². The molecule has 5 fully saturated rings. The molecule has 2 atom stereocenters. The van der Waals surface area contributed by atoms with E-state index in [4.69, 9.17) is 0 Å². The quantitative estimate of drug-likeness (QED) is 0.208. The Morgan fingerprint density at radius 2 is 0.946 bits per heavy atom. The van der Waals surface area contributed by atoms with Gasteiger partial charge in [0.05, 0.1) is 5.52 Å². The molecular weight excluding hydrogens is 691 g/mol. The summed E-state index contributed by atoms with van der Waals surface area (Å²) < 4.78 is 5.51. The number of rotatable bonds is 7. The van der Waals surface area contributed by atoms with Crippen molar-refractivity contribution in [3.63, 3.8) is 0 Å². The largest absolute Gasteiger partial charge is 0.357 e. The Balaban J connectivity index is 1.19. The van der Waals surface area contributed by atoms with Crippen molar-refractivity contribution in [2.24, 2.45) is 18.9 Å². The van der Waals surface area contributed by atoms with Crippen molar-refractivity contribution < 1.29 is 0 Å². The van der Waals surface area contributed by atoms with Gasteiger partial charge in [0.25, 0.3) is 11.1 Å². The first-order valence-corrected chi connectivity index (χ1v) is 24.5. The highest BCUT2D eigenvalue weighted by molar-refractivity contribution is 6.39. The summed E-state index contributed by atoms with van der Waals surface area (Å²) in [4.78, 5) is 46.9. The molecular formula is C48H79BN4O3. The Hall–Kier alpha value is -2.25. The van der Waals surface area contributed by atoms with Gasteiger partial charge in [-0.25, -0.2) is 4.79 Å². The third-order valence-corrected chi connectivity index (χ3v) is 16.3.